The Kier molecular flexibility index (Phi) is 6.41. The van der Waals surface area contributed by atoms with Gasteiger partial charge < -0.3 is 24.3 Å². The van der Waals surface area contributed by atoms with Gasteiger partial charge in [-0.3, -0.25) is 4.79 Å². The average molecular weight is 409 g/mol. The number of hydrogen-bond donors (Lipinski definition) is 2. The van der Waals surface area contributed by atoms with Crippen LogP contribution in [0.2, 0.25) is 0 Å². The summed E-state index contributed by atoms with van der Waals surface area (Å²) in [6.45, 7) is 1.57. The van der Waals surface area contributed by atoms with Gasteiger partial charge >= 0.3 is 5.63 Å². The summed E-state index contributed by atoms with van der Waals surface area (Å²) >= 11 is 0. The Labute approximate surface area is 173 Å². The van der Waals surface area contributed by atoms with Crippen LogP contribution >= 0.6 is 0 Å². The van der Waals surface area contributed by atoms with E-state index in [1.165, 1.54) is 6.07 Å². The first kappa shape index (κ1) is 21.0. The van der Waals surface area contributed by atoms with Crippen LogP contribution in [-0.2, 0) is 4.79 Å². The van der Waals surface area contributed by atoms with Crippen molar-refractivity contribution in [3.63, 3.8) is 0 Å². The first-order chi connectivity index (χ1) is 14.4. The van der Waals surface area contributed by atoms with E-state index in [2.05, 4.69) is 5.32 Å². The van der Waals surface area contributed by atoms with E-state index in [0.717, 1.165) is 0 Å². The summed E-state index contributed by atoms with van der Waals surface area (Å²) < 4.78 is 15.5. The first-order valence-electron chi connectivity index (χ1n) is 9.32. The maximum absolute atomic E-state index is 12.8. The first-order valence-corrected chi connectivity index (χ1v) is 9.32. The molecule has 0 aliphatic heterocycles. The molecule has 1 aromatic heterocycles. The van der Waals surface area contributed by atoms with Crippen LogP contribution < -0.4 is 20.4 Å². The molecule has 7 nitrogen and oxygen atoms in total. The zero-order valence-corrected chi connectivity index (χ0v) is 17.0. The fourth-order valence-corrected chi connectivity index (χ4v) is 3.22. The van der Waals surface area contributed by atoms with E-state index in [9.17, 15) is 14.7 Å². The summed E-state index contributed by atoms with van der Waals surface area (Å²) in [6, 6.07) is 15.2. The van der Waals surface area contributed by atoms with Gasteiger partial charge in [-0.2, -0.15) is 0 Å². The zero-order valence-electron chi connectivity index (χ0n) is 17.0. The molecule has 7 heteroatoms. The van der Waals surface area contributed by atoms with Crippen LogP contribution in [0.1, 0.15) is 29.2 Å². The molecule has 0 saturated heterocycles. The normalized spacial score (nSPS) is 11.6. The monoisotopic (exact) mass is 409 g/mol. The molecule has 156 valence electrons. The molecule has 2 N–H and O–H groups in total. The highest BCUT2D eigenvalue weighted by molar-refractivity contribution is 5.91. The molecular formula is C23H23NO6. The van der Waals surface area contributed by atoms with E-state index in [1.807, 2.05) is 0 Å². The maximum Gasteiger partial charge on any atom is 0.343 e. The van der Waals surface area contributed by atoms with Gasteiger partial charge in [0, 0.05) is 24.1 Å². The number of aromatic hydroxyl groups is 1. The number of carbonyl (C=O) groups is 1. The number of nitrogens with one attached hydrogen (secondary N) is 1. The van der Waals surface area contributed by atoms with Gasteiger partial charge in [-0.05, 0) is 48.9 Å². The predicted octanol–water partition coefficient (Wildman–Crippen LogP) is 3.83. The number of benzene rings is 2. The van der Waals surface area contributed by atoms with Gasteiger partial charge in [0.2, 0.25) is 5.91 Å². The molecule has 0 spiro atoms. The van der Waals surface area contributed by atoms with Crippen molar-refractivity contribution in [2.45, 2.75) is 19.3 Å². The molecule has 0 unspecified atom stereocenters. The Hall–Kier alpha value is -3.74. The van der Waals surface area contributed by atoms with Crippen molar-refractivity contribution in [1.82, 2.24) is 0 Å². The summed E-state index contributed by atoms with van der Waals surface area (Å²) in [6.07, 6.45) is -0.0697. The van der Waals surface area contributed by atoms with Gasteiger partial charge in [-0.15, -0.1) is 0 Å². The number of carbonyl (C=O) groups excluding carboxylic acids is 1. The summed E-state index contributed by atoms with van der Waals surface area (Å²) in [5.41, 5.74) is 0.628. The lowest BCUT2D eigenvalue weighted by molar-refractivity contribution is -0.116. The molecule has 1 amide bonds. The highest BCUT2D eigenvalue weighted by atomic mass is 16.5. The number of amides is 1. The molecule has 0 aliphatic carbocycles. The van der Waals surface area contributed by atoms with Crippen LogP contribution in [0, 0.1) is 6.92 Å². The lowest BCUT2D eigenvalue weighted by atomic mass is 9.88. The largest absolute Gasteiger partial charge is 0.507 e. The molecule has 2 aromatic carbocycles. The molecule has 0 fully saturated rings. The predicted molar refractivity (Wildman–Crippen MR) is 112 cm³/mol. The van der Waals surface area contributed by atoms with Gasteiger partial charge in [0.05, 0.1) is 19.8 Å². The lowest BCUT2D eigenvalue weighted by Gasteiger charge is -2.18. The third kappa shape index (κ3) is 4.81. The van der Waals surface area contributed by atoms with Crippen molar-refractivity contribution < 1.29 is 23.8 Å². The highest BCUT2D eigenvalue weighted by Gasteiger charge is 2.26. The van der Waals surface area contributed by atoms with Gasteiger partial charge in [0.15, 0.2) is 0 Å². The summed E-state index contributed by atoms with van der Waals surface area (Å²) in [5.74, 6) is 0.372. The summed E-state index contributed by atoms with van der Waals surface area (Å²) in [5, 5.41) is 13.2. The van der Waals surface area contributed by atoms with E-state index < -0.39 is 11.5 Å². The quantitative estimate of drug-likeness (QED) is 0.615. The standard InChI is InChI=1S/C23H23NO6/c1-14-12-20(25)22(23(27)30-14)19(15-4-8-17(28-2)9-5-15)13-21(26)24-16-6-10-18(29-3)11-7-16/h4-12,19,25H,13H2,1-3H3,(H,24,26)/t19-/m0/s1. The van der Waals surface area contributed by atoms with Gasteiger partial charge in [-0.1, -0.05) is 12.1 Å². The number of rotatable bonds is 7. The van der Waals surface area contributed by atoms with E-state index in [-0.39, 0.29) is 29.4 Å². The van der Waals surface area contributed by atoms with Gasteiger partial charge in [0.1, 0.15) is 23.0 Å². The Balaban J connectivity index is 1.92. The zero-order chi connectivity index (χ0) is 21.7. The highest BCUT2D eigenvalue weighted by Crippen LogP contribution is 2.33. The third-order valence-electron chi connectivity index (χ3n) is 4.72. The van der Waals surface area contributed by atoms with Crippen LogP contribution in [0.5, 0.6) is 17.2 Å². The van der Waals surface area contributed by atoms with Gasteiger partial charge in [-0.25, -0.2) is 4.79 Å². The Bertz CT molecular complexity index is 1070. The number of methoxy groups -OCH3 is 2. The van der Waals surface area contributed by atoms with Crippen LogP contribution in [0.15, 0.2) is 63.8 Å². The van der Waals surface area contributed by atoms with E-state index in [1.54, 1.807) is 69.7 Å². The maximum atomic E-state index is 12.8. The van der Waals surface area contributed by atoms with Crippen LogP contribution in [0.3, 0.4) is 0 Å². The molecule has 0 bridgehead atoms. The van der Waals surface area contributed by atoms with Crippen molar-refractivity contribution in [3.8, 4) is 17.2 Å². The number of ether oxygens (including phenoxy) is 2. The van der Waals surface area contributed by atoms with Gasteiger partial charge in [0.25, 0.3) is 0 Å². The van der Waals surface area contributed by atoms with Crippen LogP contribution in [-0.4, -0.2) is 25.2 Å². The third-order valence-corrected chi connectivity index (χ3v) is 4.72. The Morgan fingerprint density at radius 3 is 2.13 bits per heavy atom. The molecule has 1 atom stereocenters. The Morgan fingerprint density at radius 1 is 1.03 bits per heavy atom. The van der Waals surface area contributed by atoms with Crippen LogP contribution in [0.4, 0.5) is 5.69 Å². The van der Waals surface area contributed by atoms with Crippen molar-refractivity contribution in [2.75, 3.05) is 19.5 Å². The molecule has 0 radical (unpaired) electrons. The van der Waals surface area contributed by atoms with Crippen molar-refractivity contribution in [2.24, 2.45) is 0 Å². The summed E-state index contributed by atoms with van der Waals surface area (Å²) in [7, 11) is 3.11. The second kappa shape index (κ2) is 9.17. The topological polar surface area (TPSA) is 98.0 Å². The molecule has 0 saturated carbocycles. The average Bonchev–Trinajstić information content (AvgIpc) is 2.73. The smallest absolute Gasteiger partial charge is 0.343 e. The molecule has 0 aliphatic rings. The fraction of sp³-hybridized carbons (Fsp3) is 0.217. The van der Waals surface area contributed by atoms with Crippen LogP contribution in [0.25, 0.3) is 0 Å². The van der Waals surface area contributed by atoms with Crippen molar-refractivity contribution in [3.05, 3.63) is 81.9 Å². The SMILES string of the molecule is COc1ccc(NC(=O)C[C@@H](c2ccc(OC)cc2)c2c(O)cc(C)oc2=O)cc1. The molecular weight excluding hydrogens is 386 g/mol. The number of hydrogen-bond acceptors (Lipinski definition) is 6. The lowest BCUT2D eigenvalue weighted by Crippen LogP contribution is -2.21. The fourth-order valence-electron chi connectivity index (χ4n) is 3.22. The second-order valence-electron chi connectivity index (χ2n) is 6.75. The minimum atomic E-state index is -0.703. The molecule has 3 rings (SSSR count). The molecule has 30 heavy (non-hydrogen) atoms. The number of aryl methyl sites for hydroxylation is 1. The van der Waals surface area contributed by atoms with Crippen molar-refractivity contribution >= 4 is 11.6 Å². The second-order valence-corrected chi connectivity index (χ2v) is 6.75. The minimum Gasteiger partial charge on any atom is -0.507 e. The van der Waals surface area contributed by atoms with E-state index in [0.29, 0.717) is 22.7 Å². The number of anilines is 1. The van der Waals surface area contributed by atoms with Crippen molar-refractivity contribution in [1.29, 1.82) is 0 Å². The molecule has 1 heterocycles. The minimum absolute atomic E-state index is 0.0376. The van der Waals surface area contributed by atoms with E-state index >= 15 is 0 Å². The molecule has 3 aromatic rings. The summed E-state index contributed by atoms with van der Waals surface area (Å²) in [4.78, 5) is 25.3. The van der Waals surface area contributed by atoms with E-state index in [4.69, 9.17) is 13.9 Å². The Morgan fingerprint density at radius 2 is 1.60 bits per heavy atom.